The molecule has 0 unspecified atom stereocenters. The van der Waals surface area contributed by atoms with Gasteiger partial charge in [-0.25, -0.2) is 4.79 Å². The van der Waals surface area contributed by atoms with Crippen LogP contribution in [0.3, 0.4) is 0 Å². The first-order valence-electron chi connectivity index (χ1n) is 11.1. The molecule has 0 aliphatic heterocycles. The van der Waals surface area contributed by atoms with Crippen LogP contribution >= 0.6 is 11.6 Å². The monoisotopic (exact) mass is 482 g/mol. The Morgan fingerprint density at radius 3 is 2.47 bits per heavy atom. The Hall–Kier alpha value is -3.52. The number of rotatable bonds is 8. The Balaban J connectivity index is 1.50. The van der Waals surface area contributed by atoms with Crippen molar-refractivity contribution in [1.29, 1.82) is 0 Å². The number of hydrogen-bond acceptors (Lipinski definition) is 6. The van der Waals surface area contributed by atoms with Gasteiger partial charge in [0, 0.05) is 28.9 Å². The molecule has 1 saturated carbocycles. The topological polar surface area (TPSA) is 107 Å². The second kappa shape index (κ2) is 10.2. The van der Waals surface area contributed by atoms with Crippen molar-refractivity contribution in [3.05, 3.63) is 86.1 Å². The van der Waals surface area contributed by atoms with Crippen molar-refractivity contribution in [2.24, 2.45) is 0 Å². The highest BCUT2D eigenvalue weighted by Crippen LogP contribution is 2.34. The average molecular weight is 483 g/mol. The minimum Gasteiger partial charge on any atom is -0.452 e. The van der Waals surface area contributed by atoms with Crippen LogP contribution < -0.4 is 0 Å². The maximum absolute atomic E-state index is 13.1. The SMILES string of the molecule is O=C(OCC(=O)N(C1=CCCCC1)C1CC1)c1ccccc1C(=O)c1ccc(Cl)c([N+](=O)[O-])c1. The van der Waals surface area contributed by atoms with E-state index in [1.807, 2.05) is 0 Å². The summed E-state index contributed by atoms with van der Waals surface area (Å²) in [6, 6.07) is 9.85. The van der Waals surface area contributed by atoms with E-state index in [1.54, 1.807) is 17.0 Å². The number of carbonyl (C=O) groups is 3. The number of allylic oxidation sites excluding steroid dienone is 2. The van der Waals surface area contributed by atoms with Crippen LogP contribution in [0.25, 0.3) is 0 Å². The molecule has 1 fully saturated rings. The minimum absolute atomic E-state index is 0.0107. The van der Waals surface area contributed by atoms with Crippen molar-refractivity contribution >= 4 is 34.9 Å². The van der Waals surface area contributed by atoms with Gasteiger partial charge in [-0.05, 0) is 56.7 Å². The van der Waals surface area contributed by atoms with Crippen molar-refractivity contribution < 1.29 is 24.0 Å². The molecule has 0 aromatic heterocycles. The molecule has 0 spiro atoms. The lowest BCUT2D eigenvalue weighted by Crippen LogP contribution is -2.36. The number of ketones is 1. The van der Waals surface area contributed by atoms with Gasteiger partial charge in [-0.2, -0.15) is 0 Å². The summed E-state index contributed by atoms with van der Waals surface area (Å²) in [6.45, 7) is -0.429. The van der Waals surface area contributed by atoms with Crippen molar-refractivity contribution in [3.63, 3.8) is 0 Å². The zero-order chi connectivity index (χ0) is 24.2. The Kier molecular flexibility index (Phi) is 7.07. The van der Waals surface area contributed by atoms with E-state index in [4.69, 9.17) is 16.3 Å². The van der Waals surface area contributed by atoms with E-state index < -0.39 is 29.0 Å². The first-order valence-corrected chi connectivity index (χ1v) is 11.5. The van der Waals surface area contributed by atoms with Crippen LogP contribution in [0.2, 0.25) is 5.02 Å². The molecule has 0 heterocycles. The molecule has 2 aliphatic carbocycles. The summed E-state index contributed by atoms with van der Waals surface area (Å²) in [6.07, 6.45) is 7.85. The Morgan fingerprint density at radius 1 is 1.09 bits per heavy atom. The Morgan fingerprint density at radius 2 is 1.82 bits per heavy atom. The van der Waals surface area contributed by atoms with Crippen LogP contribution in [-0.2, 0) is 9.53 Å². The third-order valence-electron chi connectivity index (χ3n) is 5.88. The van der Waals surface area contributed by atoms with Gasteiger partial charge in [-0.1, -0.05) is 35.9 Å². The van der Waals surface area contributed by atoms with Gasteiger partial charge in [0.05, 0.1) is 10.5 Å². The van der Waals surface area contributed by atoms with Gasteiger partial charge in [0.25, 0.3) is 11.6 Å². The van der Waals surface area contributed by atoms with Crippen LogP contribution in [0.5, 0.6) is 0 Å². The number of nitro groups is 1. The molecular formula is C25H23ClN2O6. The number of halogens is 1. The van der Waals surface area contributed by atoms with Crippen molar-refractivity contribution in [3.8, 4) is 0 Å². The summed E-state index contributed by atoms with van der Waals surface area (Å²) in [4.78, 5) is 51.0. The second-order valence-electron chi connectivity index (χ2n) is 8.31. The van der Waals surface area contributed by atoms with E-state index in [0.29, 0.717) is 0 Å². The molecule has 1 amide bonds. The second-order valence-corrected chi connectivity index (χ2v) is 8.72. The Bertz CT molecular complexity index is 1190. The van der Waals surface area contributed by atoms with Crippen molar-refractivity contribution in [2.45, 2.75) is 44.6 Å². The Labute approximate surface area is 201 Å². The van der Waals surface area contributed by atoms with E-state index in [1.165, 1.54) is 24.3 Å². The van der Waals surface area contributed by atoms with Gasteiger partial charge in [0.15, 0.2) is 12.4 Å². The highest BCUT2D eigenvalue weighted by atomic mass is 35.5. The van der Waals surface area contributed by atoms with Gasteiger partial charge < -0.3 is 9.64 Å². The summed E-state index contributed by atoms with van der Waals surface area (Å²) in [7, 11) is 0. The number of hydrogen-bond donors (Lipinski definition) is 0. The highest BCUT2D eigenvalue weighted by Gasteiger charge is 2.35. The molecular weight excluding hydrogens is 460 g/mol. The molecule has 0 saturated heterocycles. The zero-order valence-electron chi connectivity index (χ0n) is 18.4. The molecule has 0 atom stereocenters. The number of esters is 1. The largest absolute Gasteiger partial charge is 0.452 e. The van der Waals surface area contributed by atoms with E-state index >= 15 is 0 Å². The van der Waals surface area contributed by atoms with Gasteiger partial charge in [0.1, 0.15) is 5.02 Å². The predicted octanol–water partition coefficient (Wildman–Crippen LogP) is 5.08. The highest BCUT2D eigenvalue weighted by molar-refractivity contribution is 6.33. The van der Waals surface area contributed by atoms with Crippen molar-refractivity contribution in [1.82, 2.24) is 4.90 Å². The quantitative estimate of drug-likeness (QED) is 0.224. The first-order chi connectivity index (χ1) is 16.4. The lowest BCUT2D eigenvalue weighted by atomic mass is 9.98. The number of nitro benzene ring substituents is 1. The van der Waals surface area contributed by atoms with Crippen LogP contribution in [0, 0.1) is 10.1 Å². The van der Waals surface area contributed by atoms with Crippen molar-refractivity contribution in [2.75, 3.05) is 6.61 Å². The fourth-order valence-electron chi connectivity index (χ4n) is 4.05. The summed E-state index contributed by atoms with van der Waals surface area (Å²) < 4.78 is 5.31. The smallest absolute Gasteiger partial charge is 0.339 e. The van der Waals surface area contributed by atoms with Gasteiger partial charge in [-0.15, -0.1) is 0 Å². The lowest BCUT2D eigenvalue weighted by Gasteiger charge is -2.27. The molecule has 4 rings (SSSR count). The molecule has 0 N–H and O–H groups in total. The third kappa shape index (κ3) is 5.17. The number of carbonyl (C=O) groups excluding carboxylic acids is 3. The van der Waals surface area contributed by atoms with Crippen LogP contribution in [-0.4, -0.2) is 40.1 Å². The van der Waals surface area contributed by atoms with Crippen LogP contribution in [0.1, 0.15) is 64.8 Å². The molecule has 0 bridgehead atoms. The lowest BCUT2D eigenvalue weighted by molar-refractivity contribution is -0.384. The van der Waals surface area contributed by atoms with Crippen LogP contribution in [0.4, 0.5) is 5.69 Å². The molecule has 2 aromatic carbocycles. The summed E-state index contributed by atoms with van der Waals surface area (Å²) >= 11 is 5.84. The molecule has 9 heteroatoms. The van der Waals surface area contributed by atoms with Gasteiger partial charge in [-0.3, -0.25) is 19.7 Å². The van der Waals surface area contributed by atoms with Gasteiger partial charge in [0.2, 0.25) is 0 Å². The van der Waals surface area contributed by atoms with E-state index in [9.17, 15) is 24.5 Å². The number of ether oxygens (including phenoxy) is 1. The zero-order valence-corrected chi connectivity index (χ0v) is 19.1. The first kappa shape index (κ1) is 23.6. The van der Waals surface area contributed by atoms with E-state index in [-0.39, 0.29) is 33.7 Å². The standard InChI is InChI=1S/C25H23ClN2O6/c26-21-13-10-16(14-22(21)28(32)33)24(30)19-8-4-5-9-20(19)25(31)34-15-23(29)27(18-11-12-18)17-6-2-1-3-7-17/h4-6,8-10,13-14,18H,1-3,7,11-12,15H2. The van der Waals surface area contributed by atoms with E-state index in [2.05, 4.69) is 6.08 Å². The number of nitrogens with zero attached hydrogens (tertiary/aromatic N) is 2. The van der Waals surface area contributed by atoms with Crippen LogP contribution in [0.15, 0.2) is 54.2 Å². The molecule has 2 aromatic rings. The summed E-state index contributed by atoms with van der Waals surface area (Å²) in [5, 5.41) is 11.1. The summed E-state index contributed by atoms with van der Waals surface area (Å²) in [5.41, 5.74) is 0.597. The minimum atomic E-state index is -0.811. The fourth-order valence-corrected chi connectivity index (χ4v) is 4.24. The summed E-state index contributed by atoms with van der Waals surface area (Å²) in [5.74, 6) is -1.68. The van der Waals surface area contributed by atoms with E-state index in [0.717, 1.165) is 50.3 Å². The maximum Gasteiger partial charge on any atom is 0.339 e. The molecule has 0 radical (unpaired) electrons. The predicted molar refractivity (Wildman–Crippen MR) is 125 cm³/mol. The molecule has 176 valence electrons. The third-order valence-corrected chi connectivity index (χ3v) is 6.20. The number of amides is 1. The fraction of sp³-hybridized carbons (Fsp3) is 0.320. The molecule has 34 heavy (non-hydrogen) atoms. The average Bonchev–Trinajstić information content (AvgIpc) is 3.68. The maximum atomic E-state index is 13.1. The number of benzene rings is 2. The molecule has 8 nitrogen and oxygen atoms in total. The van der Waals surface area contributed by atoms with Gasteiger partial charge >= 0.3 is 5.97 Å². The normalized spacial score (nSPS) is 15.3. The molecule has 2 aliphatic rings.